The summed E-state index contributed by atoms with van der Waals surface area (Å²) in [6, 6.07) is 14.5. The maximum absolute atomic E-state index is 12.9. The Morgan fingerprint density at radius 3 is 2.43 bits per heavy atom. The van der Waals surface area contributed by atoms with Gasteiger partial charge < -0.3 is 15.4 Å². The highest BCUT2D eigenvalue weighted by atomic mass is 19.4. The topological polar surface area (TPSA) is 63.2 Å². The number of carbonyl (C=O) groups excluding carboxylic acids is 1. The van der Waals surface area contributed by atoms with E-state index >= 15 is 0 Å². The molecule has 2 N–H and O–H groups in total. The van der Waals surface area contributed by atoms with Crippen molar-refractivity contribution >= 4 is 23.1 Å². The van der Waals surface area contributed by atoms with E-state index in [0.29, 0.717) is 11.4 Å². The van der Waals surface area contributed by atoms with Gasteiger partial charge in [-0.05, 0) is 54.6 Å². The minimum atomic E-state index is -4.46. The molecule has 0 saturated carbocycles. The second-order valence-corrected chi connectivity index (χ2v) is 5.79. The normalized spacial score (nSPS) is 11.0. The number of nitrogens with zero attached hydrogens (tertiary/aromatic N) is 1. The lowest BCUT2D eigenvalue weighted by atomic mass is 10.1. The predicted molar refractivity (Wildman–Crippen MR) is 99.9 cm³/mol. The van der Waals surface area contributed by atoms with Gasteiger partial charge in [-0.3, -0.25) is 4.79 Å². The molecule has 1 heterocycles. The Labute approximate surface area is 159 Å². The number of hydrogen-bond acceptors (Lipinski definition) is 4. The lowest BCUT2D eigenvalue weighted by Gasteiger charge is -2.13. The summed E-state index contributed by atoms with van der Waals surface area (Å²) in [5.41, 5.74) is 0.111. The second-order valence-electron chi connectivity index (χ2n) is 5.79. The van der Waals surface area contributed by atoms with Crippen molar-refractivity contribution in [2.24, 2.45) is 0 Å². The van der Waals surface area contributed by atoms with Gasteiger partial charge in [0.2, 0.25) is 0 Å². The van der Waals surface area contributed by atoms with Crippen molar-refractivity contribution < 1.29 is 22.7 Å². The van der Waals surface area contributed by atoms with Gasteiger partial charge >= 0.3 is 6.18 Å². The third kappa shape index (κ3) is 4.59. The zero-order valence-corrected chi connectivity index (χ0v) is 14.7. The first-order chi connectivity index (χ1) is 13.4. The molecule has 0 atom stereocenters. The molecule has 0 unspecified atom stereocenters. The number of carbonyl (C=O) groups is 1. The molecule has 1 amide bonds. The molecule has 0 aliphatic rings. The Hall–Kier alpha value is -3.55. The Morgan fingerprint density at radius 1 is 1.00 bits per heavy atom. The zero-order chi connectivity index (χ0) is 20.1. The first kappa shape index (κ1) is 19.2. The molecule has 3 aromatic rings. The average Bonchev–Trinajstić information content (AvgIpc) is 2.68. The van der Waals surface area contributed by atoms with Crippen LogP contribution in [0.3, 0.4) is 0 Å². The number of halogens is 3. The number of rotatable bonds is 5. The smallest absolute Gasteiger partial charge is 0.416 e. The highest BCUT2D eigenvalue weighted by Gasteiger charge is 2.30. The van der Waals surface area contributed by atoms with Gasteiger partial charge in [0.1, 0.15) is 11.6 Å². The third-order valence-electron chi connectivity index (χ3n) is 3.85. The van der Waals surface area contributed by atoms with Crippen LogP contribution in [0.2, 0.25) is 0 Å². The summed E-state index contributed by atoms with van der Waals surface area (Å²) in [4.78, 5) is 16.7. The predicted octanol–water partition coefficient (Wildman–Crippen LogP) is 5.10. The van der Waals surface area contributed by atoms with Gasteiger partial charge in [0.25, 0.3) is 5.91 Å². The number of methoxy groups -OCH3 is 1. The van der Waals surface area contributed by atoms with Gasteiger partial charge in [-0.15, -0.1) is 0 Å². The van der Waals surface area contributed by atoms with E-state index in [9.17, 15) is 18.0 Å². The maximum atomic E-state index is 12.9. The first-order valence-electron chi connectivity index (χ1n) is 8.21. The summed E-state index contributed by atoms with van der Waals surface area (Å²) < 4.78 is 43.7. The average molecular weight is 387 g/mol. The molecule has 0 spiro atoms. The van der Waals surface area contributed by atoms with Crippen LogP contribution in [0.4, 0.5) is 30.4 Å². The molecule has 0 aliphatic carbocycles. The highest BCUT2D eigenvalue weighted by molar-refractivity contribution is 6.07. The molecule has 0 fully saturated rings. The van der Waals surface area contributed by atoms with Gasteiger partial charge in [0, 0.05) is 17.6 Å². The fourth-order valence-corrected chi connectivity index (χ4v) is 2.47. The number of hydrogen-bond donors (Lipinski definition) is 2. The number of nitrogens with one attached hydrogen (secondary N) is 2. The van der Waals surface area contributed by atoms with E-state index in [4.69, 9.17) is 4.74 Å². The first-order valence-corrected chi connectivity index (χ1v) is 8.21. The zero-order valence-electron chi connectivity index (χ0n) is 14.7. The van der Waals surface area contributed by atoms with Crippen molar-refractivity contribution in [2.75, 3.05) is 17.7 Å². The fourth-order valence-electron chi connectivity index (χ4n) is 2.47. The number of anilines is 3. The van der Waals surface area contributed by atoms with E-state index in [1.807, 2.05) is 0 Å². The Bertz CT molecular complexity index is 973. The van der Waals surface area contributed by atoms with Crippen molar-refractivity contribution in [1.82, 2.24) is 4.98 Å². The van der Waals surface area contributed by atoms with Crippen LogP contribution in [0.5, 0.6) is 5.75 Å². The van der Waals surface area contributed by atoms with Crippen molar-refractivity contribution in [3.05, 3.63) is 78.0 Å². The van der Waals surface area contributed by atoms with Crippen molar-refractivity contribution in [3.8, 4) is 5.75 Å². The molecule has 5 nitrogen and oxygen atoms in total. The summed E-state index contributed by atoms with van der Waals surface area (Å²) in [6.45, 7) is 0. The van der Waals surface area contributed by atoms with Crippen LogP contribution < -0.4 is 15.4 Å². The summed E-state index contributed by atoms with van der Waals surface area (Å²) in [5, 5.41) is 5.49. The van der Waals surface area contributed by atoms with Crippen LogP contribution in [0, 0.1) is 0 Å². The van der Waals surface area contributed by atoms with Crippen LogP contribution in [-0.4, -0.2) is 18.0 Å². The van der Waals surface area contributed by atoms with Crippen molar-refractivity contribution in [3.63, 3.8) is 0 Å². The summed E-state index contributed by atoms with van der Waals surface area (Å²) in [6.07, 6.45) is -3.02. The monoisotopic (exact) mass is 387 g/mol. The third-order valence-corrected chi connectivity index (χ3v) is 3.85. The molecule has 3 rings (SSSR count). The van der Waals surface area contributed by atoms with E-state index in [0.717, 1.165) is 12.1 Å². The Balaban J connectivity index is 1.82. The molecule has 8 heteroatoms. The van der Waals surface area contributed by atoms with E-state index < -0.39 is 17.6 Å². The Morgan fingerprint density at radius 2 is 1.75 bits per heavy atom. The number of alkyl halides is 3. The maximum Gasteiger partial charge on any atom is 0.416 e. The van der Waals surface area contributed by atoms with Crippen LogP contribution in [0.25, 0.3) is 0 Å². The van der Waals surface area contributed by atoms with E-state index in [1.54, 1.807) is 30.3 Å². The minimum absolute atomic E-state index is 0.146. The van der Waals surface area contributed by atoms with Crippen LogP contribution in [0.15, 0.2) is 66.9 Å². The number of ether oxygens (including phenoxy) is 1. The van der Waals surface area contributed by atoms with E-state index in [-0.39, 0.29) is 17.1 Å². The lowest BCUT2D eigenvalue weighted by Crippen LogP contribution is -2.14. The second kappa shape index (κ2) is 7.99. The van der Waals surface area contributed by atoms with Crippen molar-refractivity contribution in [2.45, 2.75) is 6.18 Å². The highest BCUT2D eigenvalue weighted by Crippen LogP contribution is 2.31. The fraction of sp³-hybridized carbons (Fsp3) is 0.100. The van der Waals surface area contributed by atoms with Gasteiger partial charge in [0.15, 0.2) is 0 Å². The summed E-state index contributed by atoms with van der Waals surface area (Å²) in [7, 11) is 1.54. The minimum Gasteiger partial charge on any atom is -0.497 e. The molecule has 0 radical (unpaired) electrons. The van der Waals surface area contributed by atoms with Gasteiger partial charge in [-0.1, -0.05) is 6.07 Å². The number of pyridine rings is 1. The molecule has 0 bridgehead atoms. The standard InChI is InChI=1S/C20H16F3N3O2/c1-28-16-9-7-14(8-10-16)26-19(27)17-6-3-11-24-18(17)25-15-5-2-4-13(12-15)20(21,22)23/h2-12H,1H3,(H,24,25)(H,26,27). The molecule has 2 aromatic carbocycles. The largest absolute Gasteiger partial charge is 0.497 e. The quantitative estimate of drug-likeness (QED) is 0.639. The Kier molecular flexibility index (Phi) is 5.49. The lowest BCUT2D eigenvalue weighted by molar-refractivity contribution is -0.137. The van der Waals surface area contributed by atoms with Gasteiger partial charge in [-0.25, -0.2) is 4.98 Å². The van der Waals surface area contributed by atoms with E-state index in [1.165, 1.54) is 31.5 Å². The van der Waals surface area contributed by atoms with E-state index in [2.05, 4.69) is 15.6 Å². The molecule has 0 aliphatic heterocycles. The molecule has 28 heavy (non-hydrogen) atoms. The molecular weight excluding hydrogens is 371 g/mol. The number of aromatic nitrogens is 1. The van der Waals surface area contributed by atoms with Crippen LogP contribution >= 0.6 is 0 Å². The van der Waals surface area contributed by atoms with Gasteiger partial charge in [0.05, 0.1) is 18.2 Å². The molecular formula is C20H16F3N3O2. The van der Waals surface area contributed by atoms with Gasteiger partial charge in [-0.2, -0.15) is 13.2 Å². The molecule has 144 valence electrons. The molecule has 0 saturated heterocycles. The van der Waals surface area contributed by atoms with Crippen molar-refractivity contribution in [1.29, 1.82) is 0 Å². The summed E-state index contributed by atoms with van der Waals surface area (Å²) in [5.74, 6) is 0.340. The molecule has 1 aromatic heterocycles. The van der Waals surface area contributed by atoms with Crippen LogP contribution in [-0.2, 0) is 6.18 Å². The summed E-state index contributed by atoms with van der Waals surface area (Å²) >= 11 is 0. The number of amides is 1. The van der Waals surface area contributed by atoms with Crippen LogP contribution in [0.1, 0.15) is 15.9 Å². The SMILES string of the molecule is COc1ccc(NC(=O)c2cccnc2Nc2cccc(C(F)(F)F)c2)cc1. The number of benzene rings is 2.